The molecule has 0 N–H and O–H groups in total. The Morgan fingerprint density at radius 2 is 1.85 bits per heavy atom. The van der Waals surface area contributed by atoms with Crippen molar-refractivity contribution in [3.63, 3.8) is 0 Å². The number of hydrogen-bond donors (Lipinski definition) is 0. The Morgan fingerprint density at radius 3 is 2.70 bits per heavy atom. The third-order valence-electron chi connectivity index (χ3n) is 3.18. The van der Waals surface area contributed by atoms with Gasteiger partial charge < -0.3 is 4.42 Å². The lowest BCUT2D eigenvalue weighted by Gasteiger charge is -2.02. The summed E-state index contributed by atoms with van der Waals surface area (Å²) in [5, 5.41) is 5.16. The van der Waals surface area contributed by atoms with Gasteiger partial charge >= 0.3 is 0 Å². The summed E-state index contributed by atoms with van der Waals surface area (Å²) in [6.45, 7) is 0. The Kier molecular flexibility index (Phi) is 2.20. The molecule has 3 heterocycles. The number of hydrogen-bond acceptors (Lipinski definition) is 4. The lowest BCUT2D eigenvalue weighted by atomic mass is 10.2. The number of fused-ring (bicyclic) bond motifs is 2. The minimum absolute atomic E-state index is 0.114. The van der Waals surface area contributed by atoms with Crippen LogP contribution in [-0.2, 0) is 0 Å². The smallest absolute Gasteiger partial charge is 0.235 e. The van der Waals surface area contributed by atoms with Gasteiger partial charge in [0, 0.05) is 6.20 Å². The molecule has 96 valence electrons. The van der Waals surface area contributed by atoms with Gasteiger partial charge in [-0.15, -0.1) is 0 Å². The van der Waals surface area contributed by atoms with E-state index in [-0.39, 0.29) is 5.43 Å². The van der Waals surface area contributed by atoms with Gasteiger partial charge in [0.2, 0.25) is 16.9 Å². The first-order valence-electron chi connectivity index (χ1n) is 6.15. The molecule has 0 fully saturated rings. The van der Waals surface area contributed by atoms with E-state index in [0.29, 0.717) is 22.2 Å². The molecule has 1 aromatic carbocycles. The van der Waals surface area contributed by atoms with Crippen molar-refractivity contribution < 1.29 is 4.42 Å². The number of rotatable bonds is 1. The fourth-order valence-corrected chi connectivity index (χ4v) is 2.23. The summed E-state index contributed by atoms with van der Waals surface area (Å²) in [6, 6.07) is 12.9. The molecule has 5 nitrogen and oxygen atoms in total. The zero-order valence-electron chi connectivity index (χ0n) is 10.4. The number of benzene rings is 1. The lowest BCUT2D eigenvalue weighted by molar-refractivity contribution is 0.609. The molecule has 0 aliphatic heterocycles. The minimum atomic E-state index is -0.114. The van der Waals surface area contributed by atoms with Crippen molar-refractivity contribution in [2.45, 2.75) is 0 Å². The maximum Gasteiger partial charge on any atom is 0.235 e. The molecule has 0 radical (unpaired) electrons. The Bertz CT molecular complexity index is 971. The lowest BCUT2D eigenvalue weighted by Crippen LogP contribution is -2.03. The van der Waals surface area contributed by atoms with Gasteiger partial charge in [0.25, 0.3) is 0 Å². The normalized spacial score (nSPS) is 11.2. The van der Waals surface area contributed by atoms with Gasteiger partial charge in [-0.3, -0.25) is 4.79 Å². The summed E-state index contributed by atoms with van der Waals surface area (Å²) in [6.07, 6.45) is 3.13. The zero-order chi connectivity index (χ0) is 13.5. The van der Waals surface area contributed by atoms with Gasteiger partial charge in [-0.05, 0) is 24.3 Å². The van der Waals surface area contributed by atoms with Crippen LogP contribution in [0.1, 0.15) is 0 Å². The van der Waals surface area contributed by atoms with Crippen LogP contribution in [0.4, 0.5) is 0 Å². The van der Waals surface area contributed by atoms with Crippen LogP contribution in [0.15, 0.2) is 64.1 Å². The average molecular weight is 263 g/mol. The van der Waals surface area contributed by atoms with Crippen LogP contribution in [0.5, 0.6) is 0 Å². The number of para-hydroxylation sites is 1. The Labute approximate surface area is 113 Å². The van der Waals surface area contributed by atoms with Gasteiger partial charge in [0.15, 0.2) is 0 Å². The molecule has 0 unspecified atom stereocenters. The molecule has 5 heteroatoms. The Hall–Kier alpha value is -2.95. The van der Waals surface area contributed by atoms with E-state index in [4.69, 9.17) is 4.42 Å². The van der Waals surface area contributed by atoms with Crippen molar-refractivity contribution in [3.05, 3.63) is 65.1 Å². The van der Waals surface area contributed by atoms with Gasteiger partial charge in [-0.25, -0.2) is 9.67 Å². The molecular formula is C15H9N3O2. The molecule has 0 saturated carbocycles. The van der Waals surface area contributed by atoms with E-state index < -0.39 is 0 Å². The van der Waals surface area contributed by atoms with E-state index in [1.165, 1.54) is 6.20 Å². The van der Waals surface area contributed by atoms with E-state index in [0.717, 1.165) is 5.69 Å². The van der Waals surface area contributed by atoms with Crippen molar-refractivity contribution >= 4 is 22.2 Å². The average Bonchev–Trinajstić information content (AvgIpc) is 2.92. The van der Waals surface area contributed by atoms with E-state index in [1.807, 2.05) is 30.3 Å². The fraction of sp³-hybridized carbons (Fsp3) is 0. The van der Waals surface area contributed by atoms with Crippen LogP contribution in [-0.4, -0.2) is 14.8 Å². The summed E-state index contributed by atoms with van der Waals surface area (Å²) in [4.78, 5) is 16.5. The molecule has 0 amide bonds. The predicted octanol–water partition coefficient (Wildman–Crippen LogP) is 2.53. The molecule has 0 aliphatic rings. The summed E-state index contributed by atoms with van der Waals surface area (Å²) in [7, 11) is 0. The van der Waals surface area contributed by atoms with Crippen molar-refractivity contribution in [1.82, 2.24) is 14.8 Å². The summed E-state index contributed by atoms with van der Waals surface area (Å²) in [5.74, 6) is 0. The first-order chi connectivity index (χ1) is 9.84. The van der Waals surface area contributed by atoms with Crippen molar-refractivity contribution in [2.24, 2.45) is 0 Å². The van der Waals surface area contributed by atoms with E-state index in [9.17, 15) is 4.79 Å². The fourth-order valence-electron chi connectivity index (χ4n) is 2.23. The monoisotopic (exact) mass is 263 g/mol. The molecule has 0 bridgehead atoms. The van der Waals surface area contributed by atoms with Crippen molar-refractivity contribution in [1.29, 1.82) is 0 Å². The molecule has 3 aromatic heterocycles. The topological polar surface area (TPSA) is 60.9 Å². The summed E-state index contributed by atoms with van der Waals surface area (Å²) >= 11 is 0. The van der Waals surface area contributed by atoms with Gasteiger partial charge in [0.05, 0.1) is 17.3 Å². The highest BCUT2D eigenvalue weighted by Crippen LogP contribution is 2.19. The molecule has 4 aromatic rings. The third-order valence-corrected chi connectivity index (χ3v) is 3.18. The van der Waals surface area contributed by atoms with Crippen LogP contribution in [0, 0.1) is 0 Å². The highest BCUT2D eigenvalue weighted by Gasteiger charge is 2.13. The molecule has 0 aliphatic carbocycles. The standard InChI is InChI=1S/C15H9N3O2/c19-13-11-7-4-8-16-14(11)20-15-12(13)9-17-18(15)10-5-2-1-3-6-10/h1-9H. The van der Waals surface area contributed by atoms with Gasteiger partial charge in [0.1, 0.15) is 5.39 Å². The second-order valence-corrected chi connectivity index (χ2v) is 4.40. The minimum Gasteiger partial charge on any atom is -0.419 e. The maximum atomic E-state index is 12.4. The first kappa shape index (κ1) is 10.9. The Morgan fingerprint density at radius 1 is 1.00 bits per heavy atom. The van der Waals surface area contributed by atoms with Gasteiger partial charge in [-0.2, -0.15) is 5.10 Å². The third kappa shape index (κ3) is 1.46. The molecule has 0 spiro atoms. The Balaban J connectivity index is 2.14. The van der Waals surface area contributed by atoms with Crippen LogP contribution in [0.3, 0.4) is 0 Å². The highest BCUT2D eigenvalue weighted by atomic mass is 16.4. The van der Waals surface area contributed by atoms with Crippen molar-refractivity contribution in [3.8, 4) is 5.69 Å². The predicted molar refractivity (Wildman–Crippen MR) is 74.9 cm³/mol. The van der Waals surface area contributed by atoms with Crippen LogP contribution < -0.4 is 5.43 Å². The SMILES string of the molecule is O=c1c2cccnc2oc2c1cnn2-c1ccccc1. The zero-order valence-corrected chi connectivity index (χ0v) is 10.4. The second-order valence-electron chi connectivity index (χ2n) is 4.40. The summed E-state index contributed by atoms with van der Waals surface area (Å²) in [5.41, 5.74) is 1.45. The first-order valence-corrected chi connectivity index (χ1v) is 6.15. The van der Waals surface area contributed by atoms with E-state index >= 15 is 0 Å². The number of aromatic nitrogens is 3. The van der Waals surface area contributed by atoms with E-state index in [2.05, 4.69) is 10.1 Å². The maximum absolute atomic E-state index is 12.4. The quantitative estimate of drug-likeness (QED) is 0.529. The molecular weight excluding hydrogens is 254 g/mol. The number of nitrogens with zero attached hydrogens (tertiary/aromatic N) is 3. The highest BCUT2D eigenvalue weighted by molar-refractivity contribution is 5.86. The van der Waals surface area contributed by atoms with Crippen LogP contribution in [0.25, 0.3) is 27.9 Å². The number of pyridine rings is 1. The van der Waals surface area contributed by atoms with Gasteiger partial charge in [-0.1, -0.05) is 18.2 Å². The molecule has 0 atom stereocenters. The van der Waals surface area contributed by atoms with Crippen molar-refractivity contribution in [2.75, 3.05) is 0 Å². The summed E-state index contributed by atoms with van der Waals surface area (Å²) < 4.78 is 7.34. The van der Waals surface area contributed by atoms with E-state index in [1.54, 1.807) is 23.0 Å². The second kappa shape index (κ2) is 4.03. The molecule has 20 heavy (non-hydrogen) atoms. The molecule has 4 rings (SSSR count). The van der Waals surface area contributed by atoms with Crippen LogP contribution in [0.2, 0.25) is 0 Å². The molecule has 0 saturated heterocycles. The van der Waals surface area contributed by atoms with Crippen LogP contribution >= 0.6 is 0 Å². The largest absolute Gasteiger partial charge is 0.419 e.